The summed E-state index contributed by atoms with van der Waals surface area (Å²) in [5, 5.41) is 0.588. The van der Waals surface area contributed by atoms with Crippen LogP contribution in [0.3, 0.4) is 0 Å². The van der Waals surface area contributed by atoms with Crippen molar-refractivity contribution in [2.75, 3.05) is 26.8 Å². The molecule has 0 aliphatic heterocycles. The summed E-state index contributed by atoms with van der Waals surface area (Å²) in [5.74, 6) is 0.769. The fraction of sp³-hybridized carbons (Fsp3) is 0.667. The summed E-state index contributed by atoms with van der Waals surface area (Å²) >= 11 is 0. The minimum absolute atomic E-state index is 0.0839. The molecule has 0 bridgehead atoms. The van der Waals surface area contributed by atoms with Crippen LogP contribution in [0.5, 0.6) is 0 Å². The smallest absolute Gasteiger partial charge is 0.261 e. The highest BCUT2D eigenvalue weighted by atomic mass is 16.5. The first-order chi connectivity index (χ1) is 16.5. The molecule has 2 rings (SSSR count). The van der Waals surface area contributed by atoms with Crippen molar-refractivity contribution in [1.29, 1.82) is 0 Å². The molecule has 34 heavy (non-hydrogen) atoms. The van der Waals surface area contributed by atoms with Crippen LogP contribution in [0.1, 0.15) is 89.9 Å². The maximum atomic E-state index is 13.4. The van der Waals surface area contributed by atoms with E-state index >= 15 is 0 Å². The summed E-state index contributed by atoms with van der Waals surface area (Å²) in [6.07, 6.45) is 10.1. The van der Waals surface area contributed by atoms with Gasteiger partial charge in [-0.25, -0.2) is 4.98 Å². The number of benzene rings is 1. The highest BCUT2D eigenvalue weighted by Crippen LogP contribution is 2.23. The van der Waals surface area contributed by atoms with Crippen LogP contribution < -0.4 is 11.3 Å². The predicted molar refractivity (Wildman–Crippen MR) is 139 cm³/mol. The van der Waals surface area contributed by atoms with Gasteiger partial charge in [-0.15, -0.1) is 0 Å². The molecular weight excluding hydrogens is 428 g/mol. The molecular formula is C27H44N4O3. The number of hydrogen-bond donors (Lipinski definition) is 1. The number of methoxy groups -OCH3 is 1. The third kappa shape index (κ3) is 8.20. The number of nitrogens with zero attached hydrogens (tertiary/aromatic N) is 3. The monoisotopic (exact) mass is 472 g/mol. The van der Waals surface area contributed by atoms with Gasteiger partial charge in [0.25, 0.3) is 5.56 Å². The summed E-state index contributed by atoms with van der Waals surface area (Å²) in [7, 11) is 1.62. The number of fused-ring (bicyclic) bond motifs is 1. The maximum Gasteiger partial charge on any atom is 0.261 e. The Bertz CT molecular complexity index is 928. The largest absolute Gasteiger partial charge is 0.383 e. The Balaban J connectivity index is 2.30. The van der Waals surface area contributed by atoms with Gasteiger partial charge in [0.15, 0.2) is 0 Å². The van der Waals surface area contributed by atoms with Gasteiger partial charge in [-0.1, -0.05) is 57.6 Å². The third-order valence-corrected chi connectivity index (χ3v) is 6.42. The first-order valence-corrected chi connectivity index (χ1v) is 13.0. The van der Waals surface area contributed by atoms with E-state index in [1.807, 2.05) is 30.0 Å². The molecule has 190 valence electrons. The van der Waals surface area contributed by atoms with Crippen LogP contribution in [-0.4, -0.2) is 47.2 Å². The summed E-state index contributed by atoms with van der Waals surface area (Å²) < 4.78 is 6.95. The van der Waals surface area contributed by atoms with Gasteiger partial charge in [-0.3, -0.25) is 14.2 Å². The van der Waals surface area contributed by atoms with Crippen molar-refractivity contribution in [1.82, 2.24) is 14.5 Å². The molecule has 0 radical (unpaired) electrons. The van der Waals surface area contributed by atoms with Crippen LogP contribution in [0.2, 0.25) is 0 Å². The lowest BCUT2D eigenvalue weighted by Gasteiger charge is -2.31. The van der Waals surface area contributed by atoms with Gasteiger partial charge in [0, 0.05) is 20.1 Å². The van der Waals surface area contributed by atoms with Crippen molar-refractivity contribution in [3.8, 4) is 0 Å². The maximum absolute atomic E-state index is 13.4. The fourth-order valence-electron chi connectivity index (χ4n) is 4.38. The molecule has 1 amide bonds. The van der Waals surface area contributed by atoms with Crippen LogP contribution in [0.25, 0.3) is 10.9 Å². The molecule has 0 aliphatic rings. The van der Waals surface area contributed by atoms with E-state index in [-0.39, 0.29) is 17.5 Å². The third-order valence-electron chi connectivity index (χ3n) is 6.42. The Morgan fingerprint density at radius 2 is 1.79 bits per heavy atom. The number of rotatable bonds is 17. The molecule has 1 aromatic heterocycles. The Labute approximate surface area is 204 Å². The van der Waals surface area contributed by atoms with Gasteiger partial charge in [0.05, 0.1) is 30.1 Å². The second-order valence-corrected chi connectivity index (χ2v) is 9.07. The molecule has 0 saturated heterocycles. The van der Waals surface area contributed by atoms with Gasteiger partial charge in [-0.05, 0) is 44.9 Å². The SMILES string of the molecule is CCCCCCCC(=O)N(CCCCCCN)C(C)c1nc2ccccc2c(=O)n1CCOC. The van der Waals surface area contributed by atoms with E-state index in [4.69, 9.17) is 15.5 Å². The zero-order chi connectivity index (χ0) is 24.8. The summed E-state index contributed by atoms with van der Waals surface area (Å²) in [6.45, 7) is 6.36. The van der Waals surface area contributed by atoms with Gasteiger partial charge in [0.1, 0.15) is 5.82 Å². The van der Waals surface area contributed by atoms with Crippen molar-refractivity contribution < 1.29 is 9.53 Å². The van der Waals surface area contributed by atoms with Crippen molar-refractivity contribution in [2.45, 2.75) is 90.6 Å². The number of carbonyl (C=O) groups is 1. The Morgan fingerprint density at radius 3 is 2.53 bits per heavy atom. The van der Waals surface area contributed by atoms with E-state index in [0.717, 1.165) is 38.5 Å². The number of ether oxygens (including phenoxy) is 1. The topological polar surface area (TPSA) is 90.5 Å². The molecule has 2 N–H and O–H groups in total. The second kappa shape index (κ2) is 15.6. The number of para-hydroxylation sites is 1. The lowest BCUT2D eigenvalue weighted by atomic mass is 10.1. The first kappa shape index (κ1) is 28.0. The molecule has 2 aromatic rings. The minimum Gasteiger partial charge on any atom is -0.383 e. The van der Waals surface area contributed by atoms with E-state index in [0.29, 0.717) is 49.4 Å². The van der Waals surface area contributed by atoms with Crippen LogP contribution in [0, 0.1) is 0 Å². The molecule has 1 atom stereocenters. The highest BCUT2D eigenvalue weighted by molar-refractivity contribution is 5.78. The first-order valence-electron chi connectivity index (χ1n) is 13.0. The van der Waals surface area contributed by atoms with Crippen LogP contribution >= 0.6 is 0 Å². The number of aromatic nitrogens is 2. The lowest BCUT2D eigenvalue weighted by Crippen LogP contribution is -2.38. The molecule has 1 unspecified atom stereocenters. The van der Waals surface area contributed by atoms with E-state index in [1.165, 1.54) is 19.3 Å². The number of nitrogens with two attached hydrogens (primary N) is 1. The molecule has 7 nitrogen and oxygen atoms in total. The quantitative estimate of drug-likeness (QED) is 0.334. The van der Waals surface area contributed by atoms with Crippen LogP contribution in [0.4, 0.5) is 0 Å². The van der Waals surface area contributed by atoms with Crippen LogP contribution in [0.15, 0.2) is 29.1 Å². The predicted octanol–water partition coefficient (Wildman–Crippen LogP) is 4.81. The van der Waals surface area contributed by atoms with E-state index in [2.05, 4.69) is 6.92 Å². The average molecular weight is 473 g/mol. The molecule has 0 aliphatic carbocycles. The summed E-state index contributed by atoms with van der Waals surface area (Å²) in [4.78, 5) is 33.5. The molecule has 0 spiro atoms. The standard InChI is InChI=1S/C27H44N4O3/c1-4-5-6-7-10-17-25(32)30(19-14-9-8-13-18-28)22(2)26-29-24-16-12-11-15-23(24)27(33)31(26)20-21-34-3/h11-12,15-16,22H,4-10,13-14,17-21,28H2,1-3H3. The van der Waals surface area contributed by atoms with Crippen molar-refractivity contribution in [3.63, 3.8) is 0 Å². The Hall–Kier alpha value is -2.25. The normalized spacial score (nSPS) is 12.2. The molecule has 0 fully saturated rings. The van der Waals surface area contributed by atoms with Crippen molar-refractivity contribution in [3.05, 3.63) is 40.4 Å². The zero-order valence-corrected chi connectivity index (χ0v) is 21.4. The van der Waals surface area contributed by atoms with E-state index < -0.39 is 0 Å². The summed E-state index contributed by atoms with van der Waals surface area (Å²) in [5.41, 5.74) is 6.21. The van der Waals surface area contributed by atoms with Crippen molar-refractivity contribution in [2.24, 2.45) is 5.73 Å². The number of unbranched alkanes of at least 4 members (excludes halogenated alkanes) is 7. The average Bonchev–Trinajstić information content (AvgIpc) is 2.85. The minimum atomic E-state index is -0.299. The Morgan fingerprint density at radius 1 is 1.09 bits per heavy atom. The molecule has 1 aromatic carbocycles. The molecule has 7 heteroatoms. The number of carbonyl (C=O) groups excluding carboxylic acids is 1. The van der Waals surface area contributed by atoms with Gasteiger partial charge >= 0.3 is 0 Å². The van der Waals surface area contributed by atoms with Gasteiger partial charge < -0.3 is 15.4 Å². The van der Waals surface area contributed by atoms with E-state index in [9.17, 15) is 9.59 Å². The highest BCUT2D eigenvalue weighted by Gasteiger charge is 2.25. The van der Waals surface area contributed by atoms with E-state index in [1.54, 1.807) is 17.7 Å². The zero-order valence-electron chi connectivity index (χ0n) is 21.4. The lowest BCUT2D eigenvalue weighted by molar-refractivity contribution is -0.133. The molecule has 0 saturated carbocycles. The van der Waals surface area contributed by atoms with Crippen molar-refractivity contribution >= 4 is 16.8 Å². The number of amides is 1. The van der Waals surface area contributed by atoms with Gasteiger partial charge in [0.2, 0.25) is 5.91 Å². The molecule has 1 heterocycles. The fourth-order valence-corrected chi connectivity index (χ4v) is 4.38. The Kier molecular flexibility index (Phi) is 12.9. The second-order valence-electron chi connectivity index (χ2n) is 9.07. The summed E-state index contributed by atoms with van der Waals surface area (Å²) in [6, 6.07) is 7.11. The van der Waals surface area contributed by atoms with Crippen LogP contribution in [-0.2, 0) is 16.1 Å². The number of hydrogen-bond acceptors (Lipinski definition) is 5. The van der Waals surface area contributed by atoms with Gasteiger partial charge in [-0.2, -0.15) is 0 Å².